The van der Waals surface area contributed by atoms with E-state index >= 15 is 0 Å². The molecule has 8 unspecified atom stereocenters. The van der Waals surface area contributed by atoms with Crippen LogP contribution in [0.5, 0.6) is 0 Å². The van der Waals surface area contributed by atoms with Crippen LogP contribution in [0.25, 0.3) is 0 Å². The van der Waals surface area contributed by atoms with E-state index in [2.05, 4.69) is 50.4 Å². The molecular weight excluding hydrogens is 1120 g/mol. The largest absolute Gasteiger partial charge is 0.454 e. The molecule has 0 aromatic heterocycles. The Hall–Kier alpha value is -2.12. The molecule has 1 aliphatic rings. The summed E-state index contributed by atoms with van der Waals surface area (Å²) in [5, 5.41) is 57.4. The van der Waals surface area contributed by atoms with Crippen molar-refractivity contribution < 1.29 is 49.3 Å². The highest BCUT2D eigenvalue weighted by atomic mass is 16.7. The summed E-state index contributed by atoms with van der Waals surface area (Å²) in [4.78, 5) is 26.8. The van der Waals surface area contributed by atoms with Crippen molar-refractivity contribution >= 4 is 11.9 Å². The molecule has 90 heavy (non-hydrogen) atoms. The highest BCUT2D eigenvalue weighted by Crippen LogP contribution is 2.27. The molecule has 0 aromatic rings. The summed E-state index contributed by atoms with van der Waals surface area (Å²) in [5.74, 6) is -1.17. The van der Waals surface area contributed by atoms with Crippen LogP contribution in [-0.2, 0) is 23.8 Å². The Bertz CT molecular complexity index is 1610. The zero-order chi connectivity index (χ0) is 65.3. The van der Waals surface area contributed by atoms with Gasteiger partial charge < -0.3 is 45.1 Å². The van der Waals surface area contributed by atoms with Gasteiger partial charge in [-0.3, -0.25) is 9.59 Å². The summed E-state index contributed by atoms with van der Waals surface area (Å²) in [6.45, 7) is 5.84. The van der Waals surface area contributed by atoms with Crippen molar-refractivity contribution in [3.8, 4) is 0 Å². The predicted octanol–water partition coefficient (Wildman–Crippen LogP) is 20.9. The fourth-order valence-corrected chi connectivity index (χ4v) is 12.6. The van der Waals surface area contributed by atoms with Gasteiger partial charge in [-0.05, 0) is 57.8 Å². The number of carbonyl (C=O) groups excluding carboxylic acids is 2. The van der Waals surface area contributed by atoms with Gasteiger partial charge in [0.2, 0.25) is 5.91 Å². The number of aliphatic hydroxyl groups excluding tert-OH is 5. The van der Waals surface area contributed by atoms with Crippen LogP contribution in [0.15, 0.2) is 36.5 Å². The first-order valence-corrected chi connectivity index (χ1v) is 39.3. The number of aliphatic hydroxyl groups is 5. The Morgan fingerprint density at radius 1 is 0.433 bits per heavy atom. The Morgan fingerprint density at radius 3 is 1.16 bits per heavy atom. The summed E-state index contributed by atoms with van der Waals surface area (Å²) in [5.41, 5.74) is 0. The number of amides is 1. The first-order valence-electron chi connectivity index (χ1n) is 39.3. The van der Waals surface area contributed by atoms with E-state index in [1.165, 1.54) is 283 Å². The van der Waals surface area contributed by atoms with Gasteiger partial charge in [0.15, 0.2) is 12.4 Å². The molecule has 0 saturated carbocycles. The summed E-state index contributed by atoms with van der Waals surface area (Å²) < 4.78 is 17.8. The van der Waals surface area contributed by atoms with Crippen molar-refractivity contribution in [1.82, 2.24) is 5.32 Å². The van der Waals surface area contributed by atoms with E-state index in [4.69, 9.17) is 14.2 Å². The number of esters is 1. The lowest BCUT2D eigenvalue weighted by molar-refractivity contribution is -0.305. The molecule has 0 aromatic carbocycles. The lowest BCUT2D eigenvalue weighted by Crippen LogP contribution is -2.61. The molecule has 0 spiro atoms. The molecule has 1 aliphatic heterocycles. The highest BCUT2D eigenvalue weighted by Gasteiger charge is 2.47. The van der Waals surface area contributed by atoms with Gasteiger partial charge in [-0.1, -0.05) is 365 Å². The minimum absolute atomic E-state index is 0.128. The minimum atomic E-state index is -1.61. The fourth-order valence-electron chi connectivity index (χ4n) is 12.6. The number of unbranched alkanes of at least 4 members (excludes halogenated alkanes) is 51. The average Bonchev–Trinajstić information content (AvgIpc) is 3.71. The van der Waals surface area contributed by atoms with Crippen molar-refractivity contribution in [2.45, 2.75) is 442 Å². The molecule has 1 rings (SSSR count). The average molecular weight is 1270 g/mol. The van der Waals surface area contributed by atoms with Crippen LogP contribution < -0.4 is 5.32 Å². The number of rotatable bonds is 69. The summed E-state index contributed by atoms with van der Waals surface area (Å²) >= 11 is 0. The quantitative estimate of drug-likeness (QED) is 0.0195. The molecule has 1 amide bonds. The molecule has 0 radical (unpaired) electrons. The molecule has 530 valence electrons. The topological polar surface area (TPSA) is 175 Å². The second kappa shape index (κ2) is 66.9. The lowest BCUT2D eigenvalue weighted by Gasteiger charge is -2.41. The Kier molecular flexibility index (Phi) is 63.8. The number of carbonyl (C=O) groups is 2. The molecule has 1 heterocycles. The van der Waals surface area contributed by atoms with E-state index < -0.39 is 67.4 Å². The van der Waals surface area contributed by atoms with E-state index in [0.29, 0.717) is 19.3 Å². The van der Waals surface area contributed by atoms with E-state index in [1.807, 2.05) is 6.08 Å². The lowest BCUT2D eigenvalue weighted by atomic mass is 9.99. The normalized spacial score (nSPS) is 18.2. The van der Waals surface area contributed by atoms with Gasteiger partial charge in [0, 0.05) is 6.42 Å². The van der Waals surface area contributed by atoms with Crippen molar-refractivity contribution in [2.75, 3.05) is 13.2 Å². The second-order valence-electron chi connectivity index (χ2n) is 27.5. The van der Waals surface area contributed by atoms with Crippen LogP contribution in [0.2, 0.25) is 0 Å². The van der Waals surface area contributed by atoms with Crippen LogP contribution in [0, 0.1) is 0 Å². The molecule has 11 heteroatoms. The predicted molar refractivity (Wildman–Crippen MR) is 380 cm³/mol. The van der Waals surface area contributed by atoms with Gasteiger partial charge in [-0.15, -0.1) is 0 Å². The summed E-state index contributed by atoms with van der Waals surface area (Å²) in [6, 6.07) is -1.02. The van der Waals surface area contributed by atoms with Crippen molar-refractivity contribution in [3.05, 3.63) is 36.5 Å². The molecule has 6 N–H and O–H groups in total. The standard InChI is InChI=1S/C79H149NO10/c1-4-7-10-13-16-19-22-25-27-29-31-33-35-36-37-38-39-41-43-45-47-49-52-55-58-61-64-67-74(84)90-77-76(86)75(85)73(68-81)89-79(77)88-69-70(71(82)65-62-59-56-53-50-24-21-18-15-12-9-6-3)80-78(87)72(83)66-63-60-57-54-51-48-46-44-42-40-34-32-30-28-26-23-20-17-14-11-8-5-2/h16,19,25,27,62,65,70-73,75-77,79,81-83,85-86H,4-15,17-18,20-24,26,28-61,63-64,66-69H2,1-3H3,(H,80,87)/b19-16-,27-25-,65-62+. The number of hydrogen-bond acceptors (Lipinski definition) is 10. The zero-order valence-corrected chi connectivity index (χ0v) is 59.3. The van der Waals surface area contributed by atoms with Gasteiger partial charge in [0.1, 0.15) is 24.4 Å². The summed E-state index contributed by atoms with van der Waals surface area (Å²) in [7, 11) is 0. The van der Waals surface area contributed by atoms with E-state index in [0.717, 1.165) is 64.2 Å². The third-order valence-electron chi connectivity index (χ3n) is 18.8. The van der Waals surface area contributed by atoms with Crippen molar-refractivity contribution in [1.29, 1.82) is 0 Å². The third-order valence-corrected chi connectivity index (χ3v) is 18.8. The summed E-state index contributed by atoms with van der Waals surface area (Å²) in [6.07, 6.45) is 73.4. The molecule has 1 fully saturated rings. The first kappa shape index (κ1) is 85.9. The Balaban J connectivity index is 2.49. The fraction of sp³-hybridized carbons (Fsp3) is 0.899. The van der Waals surface area contributed by atoms with Gasteiger partial charge in [-0.25, -0.2) is 0 Å². The van der Waals surface area contributed by atoms with Gasteiger partial charge in [-0.2, -0.15) is 0 Å². The van der Waals surface area contributed by atoms with Gasteiger partial charge in [0.05, 0.1) is 25.4 Å². The Labute approximate surface area is 555 Å². The van der Waals surface area contributed by atoms with Crippen LogP contribution in [0.4, 0.5) is 0 Å². The maximum absolute atomic E-state index is 13.5. The minimum Gasteiger partial charge on any atom is -0.454 e. The third kappa shape index (κ3) is 53.2. The second-order valence-corrected chi connectivity index (χ2v) is 27.5. The van der Waals surface area contributed by atoms with Crippen LogP contribution in [-0.4, -0.2) is 99.6 Å². The molecular formula is C79H149NO10. The number of nitrogens with one attached hydrogen (secondary N) is 1. The highest BCUT2D eigenvalue weighted by molar-refractivity contribution is 5.80. The van der Waals surface area contributed by atoms with Crippen LogP contribution in [0.3, 0.4) is 0 Å². The smallest absolute Gasteiger partial charge is 0.306 e. The number of ether oxygens (including phenoxy) is 3. The molecule has 8 atom stereocenters. The first-order chi connectivity index (χ1) is 44.2. The van der Waals surface area contributed by atoms with Crippen molar-refractivity contribution in [3.63, 3.8) is 0 Å². The maximum atomic E-state index is 13.5. The van der Waals surface area contributed by atoms with Crippen LogP contribution in [0.1, 0.15) is 393 Å². The molecule has 0 bridgehead atoms. The SMILES string of the molecule is CCCCC/C=C\C/C=C\CCCCCCCCCCCCCCCCCCCC(=O)OC1C(OCC(NC(=O)C(O)CCCCCCCCCCCCCCCCCCCCCCCC)C(O)/C=C/CCCCCCCCCCCC)OC(CO)C(O)C1O. The zero-order valence-electron chi connectivity index (χ0n) is 59.3. The van der Waals surface area contributed by atoms with Gasteiger partial charge >= 0.3 is 5.97 Å². The molecule has 11 nitrogen and oxygen atoms in total. The van der Waals surface area contributed by atoms with E-state index in [9.17, 15) is 35.1 Å². The molecule has 1 saturated heterocycles. The number of allylic oxidation sites excluding steroid dienone is 5. The van der Waals surface area contributed by atoms with Crippen molar-refractivity contribution in [2.24, 2.45) is 0 Å². The molecule has 0 aliphatic carbocycles. The monoisotopic (exact) mass is 1270 g/mol. The van der Waals surface area contributed by atoms with Gasteiger partial charge in [0.25, 0.3) is 0 Å². The number of hydrogen-bond donors (Lipinski definition) is 6. The Morgan fingerprint density at radius 2 is 0.767 bits per heavy atom. The maximum Gasteiger partial charge on any atom is 0.306 e. The van der Waals surface area contributed by atoms with Crippen LogP contribution >= 0.6 is 0 Å². The van der Waals surface area contributed by atoms with E-state index in [-0.39, 0.29) is 13.0 Å². The van der Waals surface area contributed by atoms with E-state index in [1.54, 1.807) is 6.08 Å².